The van der Waals surface area contributed by atoms with Gasteiger partial charge in [0.25, 0.3) is 0 Å². The number of pyridine rings is 2. The number of carbonyl (C=O) groups is 1. The van der Waals surface area contributed by atoms with Crippen LogP contribution in [0.5, 0.6) is 5.88 Å². The lowest BCUT2D eigenvalue weighted by Gasteiger charge is -2.39. The molecule has 4 rings (SSSR count). The maximum atomic E-state index is 14.5. The number of hydrazone groups is 1. The Hall–Kier alpha value is -3.43. The number of ketones is 1. The molecule has 1 spiro atoms. The third kappa shape index (κ3) is 5.08. The van der Waals surface area contributed by atoms with Gasteiger partial charge in [-0.25, -0.2) is 14.4 Å². The highest BCUT2D eigenvalue weighted by Gasteiger charge is 2.39. The Morgan fingerprint density at radius 3 is 2.83 bits per heavy atom. The number of anilines is 1. The van der Waals surface area contributed by atoms with Crippen molar-refractivity contribution in [2.24, 2.45) is 27.1 Å². The summed E-state index contributed by atoms with van der Waals surface area (Å²) in [5.41, 5.74) is 2.89. The van der Waals surface area contributed by atoms with E-state index in [1.165, 1.54) is 13.2 Å². The summed E-state index contributed by atoms with van der Waals surface area (Å²) < 4.78 is 19.6. The second kappa shape index (κ2) is 10.7. The Kier molecular flexibility index (Phi) is 7.61. The highest BCUT2D eigenvalue weighted by Crippen LogP contribution is 2.42. The van der Waals surface area contributed by atoms with E-state index in [1.807, 2.05) is 13.0 Å². The van der Waals surface area contributed by atoms with Gasteiger partial charge in [0.05, 0.1) is 19.0 Å². The van der Waals surface area contributed by atoms with Crippen LogP contribution < -0.4 is 15.9 Å². The maximum Gasteiger partial charge on any atom is 0.213 e. The molecule has 10 heteroatoms. The maximum absolute atomic E-state index is 14.5. The highest BCUT2D eigenvalue weighted by molar-refractivity contribution is 6.00. The molecule has 0 amide bonds. The fourth-order valence-electron chi connectivity index (χ4n) is 5.55. The van der Waals surface area contributed by atoms with Gasteiger partial charge in [-0.3, -0.25) is 4.79 Å². The Morgan fingerprint density at radius 1 is 1.31 bits per heavy atom. The number of aromatic nitrogens is 2. The molecule has 3 atom stereocenters. The van der Waals surface area contributed by atoms with Crippen LogP contribution in [0, 0.1) is 18.7 Å². The molecule has 0 radical (unpaired) electrons. The number of fused-ring (bicyclic) bond motifs is 1. The minimum absolute atomic E-state index is 0.0766. The van der Waals surface area contributed by atoms with Crippen molar-refractivity contribution in [1.29, 1.82) is 0 Å². The number of hydrogen-bond acceptors (Lipinski definition) is 8. The number of nitrogens with one attached hydrogen (secondary N) is 1. The Labute approximate surface area is 210 Å². The zero-order valence-corrected chi connectivity index (χ0v) is 21.3. The lowest BCUT2D eigenvalue weighted by atomic mass is 9.80. The van der Waals surface area contributed by atoms with Gasteiger partial charge < -0.3 is 15.9 Å². The lowest BCUT2D eigenvalue weighted by molar-refractivity contribution is -0.124. The zero-order chi connectivity index (χ0) is 25.9. The van der Waals surface area contributed by atoms with Gasteiger partial charge in [-0.15, -0.1) is 5.11 Å². The van der Waals surface area contributed by atoms with Crippen LogP contribution in [-0.4, -0.2) is 41.3 Å². The van der Waals surface area contributed by atoms with Gasteiger partial charge in [-0.05, 0) is 57.1 Å². The van der Waals surface area contributed by atoms with Crippen LogP contribution in [0.4, 0.5) is 10.2 Å². The zero-order valence-electron chi connectivity index (χ0n) is 21.3. The van der Waals surface area contributed by atoms with Crippen LogP contribution in [0.25, 0.3) is 0 Å². The number of nitrogens with zero attached hydrogens (tertiary/aromatic N) is 5. The molecule has 1 saturated carbocycles. The van der Waals surface area contributed by atoms with Gasteiger partial charge in [0, 0.05) is 41.6 Å². The average molecular weight is 496 g/mol. The predicted octanol–water partition coefficient (Wildman–Crippen LogP) is 4.69. The molecule has 36 heavy (non-hydrogen) atoms. The number of aryl methyl sites for hydroxylation is 2. The second-order valence-electron chi connectivity index (χ2n) is 9.79. The van der Waals surface area contributed by atoms with Gasteiger partial charge in [0.2, 0.25) is 11.7 Å². The van der Waals surface area contributed by atoms with E-state index >= 15 is 0 Å². The summed E-state index contributed by atoms with van der Waals surface area (Å²) in [6.45, 7) is 3.68. The SMILES string of the molecule is CN=NC(=NN)c1cc2c(nc1C)N[C@@]1(CCCC(C(=O)[C@H](C)c3cc(OC)ncc3F)CC1)CC2. The average Bonchev–Trinajstić information content (AvgIpc) is 3.09. The van der Waals surface area contributed by atoms with E-state index in [-0.39, 0.29) is 17.2 Å². The largest absolute Gasteiger partial charge is 0.481 e. The fraction of sp³-hybridized carbons (Fsp3) is 0.538. The van der Waals surface area contributed by atoms with E-state index in [4.69, 9.17) is 15.6 Å². The van der Waals surface area contributed by atoms with Crippen molar-refractivity contribution in [3.63, 3.8) is 0 Å². The van der Waals surface area contributed by atoms with E-state index in [2.05, 4.69) is 25.6 Å². The monoisotopic (exact) mass is 495 g/mol. The molecule has 3 heterocycles. The number of ether oxygens (including phenoxy) is 1. The number of hydrogen-bond donors (Lipinski definition) is 2. The number of methoxy groups -OCH3 is 1. The molecule has 3 N–H and O–H groups in total. The molecule has 2 aromatic heterocycles. The number of nitrogens with two attached hydrogens (primary N) is 1. The molecule has 0 bridgehead atoms. The van der Waals surface area contributed by atoms with Crippen molar-refractivity contribution >= 4 is 17.4 Å². The standard InChI is InChI=1S/C26H34FN7O2/c1-15(19-13-22(36-4)30-14-21(19)27)23(35)17-6-5-9-26(10-7-17)11-8-18-12-20(25(33-28)34-29-3)16(2)31-24(18)32-26/h12-15,17H,5-11,28H2,1-4H3,(H,31,32)/t15-,17?,26-/m1/s1. The van der Waals surface area contributed by atoms with Crippen LogP contribution in [0.3, 0.4) is 0 Å². The van der Waals surface area contributed by atoms with E-state index < -0.39 is 11.7 Å². The second-order valence-corrected chi connectivity index (χ2v) is 9.79. The van der Waals surface area contributed by atoms with Crippen LogP contribution in [0.1, 0.15) is 73.8 Å². The summed E-state index contributed by atoms with van der Waals surface area (Å²) in [4.78, 5) is 22.1. The number of rotatable bonds is 5. The smallest absolute Gasteiger partial charge is 0.213 e. The number of halogens is 1. The van der Waals surface area contributed by atoms with Crippen LogP contribution in [0.15, 0.2) is 33.7 Å². The first-order valence-corrected chi connectivity index (χ1v) is 12.4. The number of Topliss-reactive ketones (excluding diaryl/α,β-unsaturated/α-hetero) is 1. The molecular weight excluding hydrogens is 461 g/mol. The summed E-state index contributed by atoms with van der Waals surface area (Å²) in [6.07, 6.45) is 7.23. The van der Waals surface area contributed by atoms with Crippen molar-refractivity contribution in [2.75, 3.05) is 19.5 Å². The summed E-state index contributed by atoms with van der Waals surface area (Å²) in [7, 11) is 3.06. The van der Waals surface area contributed by atoms with E-state index in [0.717, 1.165) is 73.8 Å². The summed E-state index contributed by atoms with van der Waals surface area (Å²) in [5, 5.41) is 15.3. The predicted molar refractivity (Wildman–Crippen MR) is 136 cm³/mol. The molecule has 2 aromatic rings. The highest BCUT2D eigenvalue weighted by atomic mass is 19.1. The number of carbonyl (C=O) groups excluding carboxylic acids is 1. The topological polar surface area (TPSA) is 127 Å². The lowest BCUT2D eigenvalue weighted by Crippen LogP contribution is -2.42. The third-order valence-corrected chi connectivity index (χ3v) is 7.65. The van der Waals surface area contributed by atoms with Crippen molar-refractivity contribution in [2.45, 2.75) is 70.3 Å². The van der Waals surface area contributed by atoms with Crippen LogP contribution in [-0.2, 0) is 11.2 Å². The Balaban J connectivity index is 1.49. The van der Waals surface area contributed by atoms with Gasteiger partial charge in [0.1, 0.15) is 17.4 Å². The Bertz CT molecular complexity index is 1200. The molecule has 1 fully saturated rings. The van der Waals surface area contributed by atoms with Gasteiger partial charge in [-0.1, -0.05) is 13.3 Å². The van der Waals surface area contributed by atoms with Crippen molar-refractivity contribution < 1.29 is 13.9 Å². The molecular formula is C26H34FN7O2. The van der Waals surface area contributed by atoms with Gasteiger partial charge in [-0.2, -0.15) is 10.2 Å². The molecule has 0 aromatic carbocycles. The summed E-state index contributed by atoms with van der Waals surface area (Å²) >= 11 is 0. The van der Waals surface area contributed by atoms with Crippen molar-refractivity contribution in [3.05, 3.63) is 46.5 Å². The summed E-state index contributed by atoms with van der Waals surface area (Å²) in [5.74, 6) is 6.00. The molecule has 2 aliphatic rings. The molecule has 1 aliphatic carbocycles. The quantitative estimate of drug-likeness (QED) is 0.204. The van der Waals surface area contributed by atoms with E-state index in [0.29, 0.717) is 17.3 Å². The number of azo groups is 1. The first kappa shape index (κ1) is 25.7. The first-order chi connectivity index (χ1) is 17.3. The third-order valence-electron chi connectivity index (χ3n) is 7.65. The molecule has 9 nitrogen and oxygen atoms in total. The molecule has 192 valence electrons. The van der Waals surface area contributed by atoms with Gasteiger partial charge in [0.15, 0.2) is 0 Å². The van der Waals surface area contributed by atoms with E-state index in [1.54, 1.807) is 14.0 Å². The van der Waals surface area contributed by atoms with Gasteiger partial charge >= 0.3 is 0 Å². The van der Waals surface area contributed by atoms with Crippen LogP contribution >= 0.6 is 0 Å². The normalized spacial score (nSPS) is 23.1. The van der Waals surface area contributed by atoms with Crippen LogP contribution in [0.2, 0.25) is 0 Å². The van der Waals surface area contributed by atoms with Crippen molar-refractivity contribution in [1.82, 2.24) is 9.97 Å². The first-order valence-electron chi connectivity index (χ1n) is 12.4. The molecule has 1 unspecified atom stereocenters. The Morgan fingerprint density at radius 2 is 2.11 bits per heavy atom. The van der Waals surface area contributed by atoms with E-state index in [9.17, 15) is 9.18 Å². The minimum Gasteiger partial charge on any atom is -0.481 e. The minimum atomic E-state index is -0.553. The summed E-state index contributed by atoms with van der Waals surface area (Å²) in [6, 6.07) is 3.57. The number of amidine groups is 1. The fourth-order valence-corrected chi connectivity index (χ4v) is 5.55. The van der Waals surface area contributed by atoms with Crippen molar-refractivity contribution in [3.8, 4) is 5.88 Å². The molecule has 1 aliphatic heterocycles. The molecule has 0 saturated heterocycles.